The van der Waals surface area contributed by atoms with Gasteiger partial charge in [-0.1, -0.05) is 0 Å². The summed E-state index contributed by atoms with van der Waals surface area (Å²) in [5.74, 6) is 0.918. The van der Waals surface area contributed by atoms with Gasteiger partial charge in [0.05, 0.1) is 0 Å². The molecule has 0 spiro atoms. The van der Waals surface area contributed by atoms with Gasteiger partial charge in [-0.25, -0.2) is 4.98 Å². The van der Waals surface area contributed by atoms with E-state index >= 15 is 0 Å². The molecule has 0 aliphatic rings. The highest BCUT2D eigenvalue weighted by molar-refractivity contribution is 5.52. The molecule has 2 N–H and O–H groups in total. The molecule has 0 saturated carbocycles. The van der Waals surface area contributed by atoms with E-state index in [4.69, 9.17) is 0 Å². The molecule has 14 heavy (non-hydrogen) atoms. The monoisotopic (exact) mass is 193 g/mol. The number of hydrogen-bond acceptors (Lipinski definition) is 3. The Morgan fingerprint density at radius 1 is 1.36 bits per heavy atom. The average Bonchev–Trinajstić information content (AvgIpc) is 2.02. The van der Waals surface area contributed by atoms with Gasteiger partial charge >= 0.3 is 0 Å². The predicted molar refractivity (Wildman–Crippen MR) is 61.8 cm³/mol. The normalized spacial score (nSPS) is 11.1. The fourth-order valence-electron chi connectivity index (χ4n) is 1.22. The summed E-state index contributed by atoms with van der Waals surface area (Å²) in [4.78, 5) is 4.21. The average molecular weight is 193 g/mol. The van der Waals surface area contributed by atoms with Crippen LogP contribution in [-0.2, 0) is 0 Å². The second-order valence-electron chi connectivity index (χ2n) is 4.34. The number of pyridine rings is 1. The lowest BCUT2D eigenvalue weighted by atomic mass is 10.1. The van der Waals surface area contributed by atoms with Crippen LogP contribution in [0.1, 0.15) is 27.7 Å². The van der Waals surface area contributed by atoms with Crippen molar-refractivity contribution in [3.05, 3.63) is 18.3 Å². The topological polar surface area (TPSA) is 37.0 Å². The fraction of sp³-hybridized carbons (Fsp3) is 0.545. The summed E-state index contributed by atoms with van der Waals surface area (Å²) in [5, 5.41) is 6.58. The molecular weight excluding hydrogens is 174 g/mol. The van der Waals surface area contributed by atoms with Crippen molar-refractivity contribution in [3.8, 4) is 0 Å². The van der Waals surface area contributed by atoms with Crippen molar-refractivity contribution >= 4 is 11.5 Å². The van der Waals surface area contributed by atoms with Gasteiger partial charge in [0.2, 0.25) is 0 Å². The molecule has 1 aromatic rings. The predicted octanol–water partition coefficient (Wildman–Crippen LogP) is 2.72. The van der Waals surface area contributed by atoms with E-state index < -0.39 is 0 Å². The first-order chi connectivity index (χ1) is 6.51. The quantitative estimate of drug-likeness (QED) is 0.775. The summed E-state index contributed by atoms with van der Waals surface area (Å²) in [6.45, 7) is 9.37. The van der Waals surface area contributed by atoms with E-state index in [2.05, 4.69) is 43.3 Å². The molecule has 0 aromatic carbocycles. The molecule has 1 heterocycles. The minimum Gasteiger partial charge on any atom is -0.380 e. The molecule has 78 valence electrons. The van der Waals surface area contributed by atoms with Crippen LogP contribution in [0, 0.1) is 0 Å². The summed E-state index contributed by atoms with van der Waals surface area (Å²) in [7, 11) is 0. The SMILES string of the molecule is CCNc1cc(NC(C)(C)C)ccn1. The largest absolute Gasteiger partial charge is 0.380 e. The smallest absolute Gasteiger partial charge is 0.127 e. The van der Waals surface area contributed by atoms with E-state index in [-0.39, 0.29) is 5.54 Å². The summed E-state index contributed by atoms with van der Waals surface area (Å²) < 4.78 is 0. The van der Waals surface area contributed by atoms with E-state index in [1.807, 2.05) is 18.3 Å². The molecule has 0 amide bonds. The number of hydrogen-bond donors (Lipinski definition) is 2. The molecular formula is C11H19N3. The molecule has 0 unspecified atom stereocenters. The van der Waals surface area contributed by atoms with Gasteiger partial charge in [-0.15, -0.1) is 0 Å². The minimum absolute atomic E-state index is 0.0881. The Morgan fingerprint density at radius 2 is 2.07 bits per heavy atom. The standard InChI is InChI=1S/C11H19N3/c1-5-12-10-8-9(6-7-13-10)14-11(2,3)4/h6-8H,5H2,1-4H3,(H2,12,13,14). The third kappa shape index (κ3) is 3.64. The van der Waals surface area contributed by atoms with E-state index in [1.165, 1.54) is 0 Å². The Bertz CT molecular complexity index is 289. The fourth-order valence-corrected chi connectivity index (χ4v) is 1.22. The molecule has 0 atom stereocenters. The summed E-state index contributed by atoms with van der Waals surface area (Å²) in [5.41, 5.74) is 1.19. The number of rotatable bonds is 3. The maximum Gasteiger partial charge on any atom is 0.127 e. The van der Waals surface area contributed by atoms with Crippen LogP contribution in [0.3, 0.4) is 0 Å². The lowest BCUT2D eigenvalue weighted by Gasteiger charge is -2.22. The maximum atomic E-state index is 4.21. The molecule has 3 heteroatoms. The molecule has 1 rings (SSSR count). The Kier molecular flexibility index (Phi) is 3.33. The van der Waals surface area contributed by atoms with Crippen molar-refractivity contribution in [1.82, 2.24) is 4.98 Å². The van der Waals surface area contributed by atoms with Crippen LogP contribution in [0.25, 0.3) is 0 Å². The Balaban J connectivity index is 2.73. The van der Waals surface area contributed by atoms with Gasteiger partial charge in [0.1, 0.15) is 5.82 Å². The van der Waals surface area contributed by atoms with Gasteiger partial charge in [-0.05, 0) is 33.8 Å². The molecule has 0 radical (unpaired) electrons. The number of aromatic nitrogens is 1. The van der Waals surface area contributed by atoms with Gasteiger partial charge in [0, 0.05) is 30.0 Å². The van der Waals surface area contributed by atoms with Gasteiger partial charge in [-0.3, -0.25) is 0 Å². The molecule has 0 saturated heterocycles. The van der Waals surface area contributed by atoms with Crippen LogP contribution in [0.5, 0.6) is 0 Å². The Hall–Kier alpha value is -1.25. The highest BCUT2D eigenvalue weighted by Gasteiger charge is 2.09. The zero-order chi connectivity index (χ0) is 10.6. The molecule has 1 aromatic heterocycles. The van der Waals surface area contributed by atoms with E-state index in [9.17, 15) is 0 Å². The molecule has 3 nitrogen and oxygen atoms in total. The lowest BCUT2D eigenvalue weighted by Crippen LogP contribution is -2.26. The third-order valence-corrected chi connectivity index (χ3v) is 1.64. The van der Waals surface area contributed by atoms with Crippen molar-refractivity contribution in [2.24, 2.45) is 0 Å². The summed E-state index contributed by atoms with van der Waals surface area (Å²) >= 11 is 0. The lowest BCUT2D eigenvalue weighted by molar-refractivity contribution is 0.634. The molecule has 0 fully saturated rings. The van der Waals surface area contributed by atoms with E-state index in [0.29, 0.717) is 0 Å². The van der Waals surface area contributed by atoms with Gasteiger partial charge in [0.25, 0.3) is 0 Å². The van der Waals surface area contributed by atoms with Gasteiger partial charge in [0.15, 0.2) is 0 Å². The number of anilines is 2. The first-order valence-corrected chi connectivity index (χ1v) is 4.99. The first-order valence-electron chi connectivity index (χ1n) is 4.99. The minimum atomic E-state index is 0.0881. The van der Waals surface area contributed by atoms with Crippen LogP contribution in [-0.4, -0.2) is 17.1 Å². The second-order valence-corrected chi connectivity index (χ2v) is 4.34. The van der Waals surface area contributed by atoms with Gasteiger partial charge < -0.3 is 10.6 Å². The van der Waals surface area contributed by atoms with Crippen LogP contribution in [0.2, 0.25) is 0 Å². The number of nitrogens with one attached hydrogen (secondary N) is 2. The summed E-state index contributed by atoms with van der Waals surface area (Å²) in [6.07, 6.45) is 1.81. The van der Waals surface area contributed by atoms with Crippen molar-refractivity contribution in [2.45, 2.75) is 33.2 Å². The van der Waals surface area contributed by atoms with Crippen LogP contribution >= 0.6 is 0 Å². The van der Waals surface area contributed by atoms with E-state index in [0.717, 1.165) is 18.1 Å². The van der Waals surface area contributed by atoms with Gasteiger partial charge in [-0.2, -0.15) is 0 Å². The van der Waals surface area contributed by atoms with Crippen molar-refractivity contribution in [1.29, 1.82) is 0 Å². The van der Waals surface area contributed by atoms with Crippen molar-refractivity contribution in [3.63, 3.8) is 0 Å². The Labute approximate surface area is 85.9 Å². The molecule has 0 aliphatic carbocycles. The van der Waals surface area contributed by atoms with Crippen molar-refractivity contribution in [2.75, 3.05) is 17.2 Å². The highest BCUT2D eigenvalue weighted by atomic mass is 15.0. The number of nitrogens with zero attached hydrogens (tertiary/aromatic N) is 1. The Morgan fingerprint density at radius 3 is 2.64 bits per heavy atom. The van der Waals surface area contributed by atoms with Crippen LogP contribution < -0.4 is 10.6 Å². The highest BCUT2D eigenvalue weighted by Crippen LogP contribution is 2.16. The molecule has 0 aliphatic heterocycles. The van der Waals surface area contributed by atoms with Crippen molar-refractivity contribution < 1.29 is 0 Å². The van der Waals surface area contributed by atoms with Crippen LogP contribution in [0.15, 0.2) is 18.3 Å². The second kappa shape index (κ2) is 4.31. The summed E-state index contributed by atoms with van der Waals surface area (Å²) in [6, 6.07) is 4.00. The zero-order valence-corrected chi connectivity index (χ0v) is 9.39. The van der Waals surface area contributed by atoms with E-state index in [1.54, 1.807) is 0 Å². The maximum absolute atomic E-state index is 4.21. The zero-order valence-electron chi connectivity index (χ0n) is 9.39. The molecule has 0 bridgehead atoms. The first kappa shape index (κ1) is 10.8. The third-order valence-electron chi connectivity index (χ3n) is 1.64. The van der Waals surface area contributed by atoms with Crippen LogP contribution in [0.4, 0.5) is 11.5 Å².